The summed E-state index contributed by atoms with van der Waals surface area (Å²) >= 11 is 0. The van der Waals surface area contributed by atoms with Gasteiger partial charge in [-0.25, -0.2) is 4.79 Å². The molecule has 0 aliphatic heterocycles. The Morgan fingerprint density at radius 2 is 1.29 bits per heavy atom. The number of carbonyl (C=O) groups is 1. The highest BCUT2D eigenvalue weighted by Crippen LogP contribution is 2.29. The first-order valence-electron chi connectivity index (χ1n) is 9.80. The van der Waals surface area contributed by atoms with Gasteiger partial charge in [0, 0.05) is 12.4 Å². The van der Waals surface area contributed by atoms with E-state index in [1.165, 1.54) is 0 Å². The molecule has 0 bridgehead atoms. The van der Waals surface area contributed by atoms with Crippen LogP contribution in [0.15, 0.2) is 76.7 Å². The maximum absolute atomic E-state index is 12.2. The van der Waals surface area contributed by atoms with Gasteiger partial charge in [0.1, 0.15) is 11.5 Å². The smallest absolute Gasteiger partial charge is 0.338 e. The van der Waals surface area contributed by atoms with Gasteiger partial charge in [0.15, 0.2) is 0 Å². The Kier molecular flexibility index (Phi) is 7.54. The summed E-state index contributed by atoms with van der Waals surface area (Å²) in [4.78, 5) is 21.3. The molecule has 3 rings (SSSR count). The van der Waals surface area contributed by atoms with Crippen LogP contribution in [0.4, 0.5) is 11.4 Å². The number of benzene rings is 3. The van der Waals surface area contributed by atoms with Crippen molar-refractivity contribution in [3.63, 3.8) is 0 Å². The first kappa shape index (κ1) is 21.8. The Labute approximate surface area is 181 Å². The molecule has 0 unspecified atom stereocenters. The average Bonchev–Trinajstić information content (AvgIpc) is 2.82. The quantitative estimate of drug-likeness (QED) is 0.365. The summed E-state index contributed by atoms with van der Waals surface area (Å²) in [7, 11) is 3.25. The van der Waals surface area contributed by atoms with Crippen LogP contribution in [0.25, 0.3) is 0 Å². The van der Waals surface area contributed by atoms with Crippen molar-refractivity contribution >= 4 is 29.8 Å². The Morgan fingerprint density at radius 1 is 0.774 bits per heavy atom. The SMILES string of the molecule is CCOC(=O)c1ccc(N=Cc2ccc(OC)cc2)c(N=Cc2ccc(OC)cc2)c1. The van der Waals surface area contributed by atoms with Gasteiger partial charge in [-0.2, -0.15) is 0 Å². The van der Waals surface area contributed by atoms with Crippen LogP contribution in [0.5, 0.6) is 11.5 Å². The molecule has 0 radical (unpaired) electrons. The predicted octanol–water partition coefficient (Wildman–Crippen LogP) is 5.38. The standard InChI is InChI=1S/C25H24N2O4/c1-4-31-25(28)20-9-14-23(26-16-18-5-10-21(29-2)11-6-18)24(15-20)27-17-19-7-12-22(30-3)13-8-19/h5-17H,4H2,1-3H3. The number of ether oxygens (including phenoxy) is 3. The molecule has 0 amide bonds. The van der Waals surface area contributed by atoms with Crippen LogP contribution >= 0.6 is 0 Å². The molecule has 0 saturated carbocycles. The molecular weight excluding hydrogens is 392 g/mol. The molecule has 0 aliphatic carbocycles. The summed E-state index contributed by atoms with van der Waals surface area (Å²) in [5.74, 6) is 1.15. The topological polar surface area (TPSA) is 69.5 Å². The fraction of sp³-hybridized carbons (Fsp3) is 0.160. The second-order valence-electron chi connectivity index (χ2n) is 6.49. The molecule has 0 heterocycles. The third-order valence-electron chi connectivity index (χ3n) is 4.42. The van der Waals surface area contributed by atoms with E-state index in [4.69, 9.17) is 14.2 Å². The van der Waals surface area contributed by atoms with Crippen molar-refractivity contribution in [1.29, 1.82) is 0 Å². The summed E-state index contributed by atoms with van der Waals surface area (Å²) in [6, 6.07) is 20.2. The van der Waals surface area contributed by atoms with Gasteiger partial charge in [0.05, 0.1) is 37.8 Å². The van der Waals surface area contributed by atoms with E-state index in [-0.39, 0.29) is 0 Å². The molecule has 0 aromatic heterocycles. The van der Waals surface area contributed by atoms with Crippen LogP contribution < -0.4 is 9.47 Å². The number of methoxy groups -OCH3 is 2. The number of esters is 1. The summed E-state index contributed by atoms with van der Waals surface area (Å²) in [5, 5.41) is 0. The van der Waals surface area contributed by atoms with Gasteiger partial charge in [-0.1, -0.05) is 0 Å². The van der Waals surface area contributed by atoms with Crippen LogP contribution in [-0.2, 0) is 4.74 Å². The normalized spacial score (nSPS) is 11.1. The maximum atomic E-state index is 12.2. The summed E-state index contributed by atoms with van der Waals surface area (Å²) in [6.07, 6.45) is 3.46. The minimum Gasteiger partial charge on any atom is -0.497 e. The molecule has 0 fully saturated rings. The number of rotatable bonds is 8. The second kappa shape index (κ2) is 10.7. The Balaban J connectivity index is 1.91. The van der Waals surface area contributed by atoms with Gasteiger partial charge < -0.3 is 14.2 Å². The maximum Gasteiger partial charge on any atom is 0.338 e. The third-order valence-corrected chi connectivity index (χ3v) is 4.42. The molecule has 158 valence electrons. The molecule has 31 heavy (non-hydrogen) atoms. The van der Waals surface area contributed by atoms with Crippen LogP contribution in [0, 0.1) is 0 Å². The molecule has 0 atom stereocenters. The first-order valence-corrected chi connectivity index (χ1v) is 9.80. The summed E-state index contributed by atoms with van der Waals surface area (Å²) in [5.41, 5.74) is 3.43. The van der Waals surface area contributed by atoms with Crippen molar-refractivity contribution in [2.24, 2.45) is 9.98 Å². The highest BCUT2D eigenvalue weighted by molar-refractivity contribution is 5.93. The Morgan fingerprint density at radius 3 is 1.77 bits per heavy atom. The zero-order valence-corrected chi connectivity index (χ0v) is 17.7. The number of hydrogen-bond donors (Lipinski definition) is 0. The lowest BCUT2D eigenvalue weighted by Gasteiger charge is -2.06. The zero-order chi connectivity index (χ0) is 22.1. The fourth-order valence-electron chi connectivity index (χ4n) is 2.75. The van der Waals surface area contributed by atoms with Crippen LogP contribution in [0.1, 0.15) is 28.4 Å². The van der Waals surface area contributed by atoms with E-state index in [1.807, 2.05) is 48.5 Å². The molecule has 6 heteroatoms. The fourth-order valence-corrected chi connectivity index (χ4v) is 2.75. The van der Waals surface area contributed by atoms with E-state index in [9.17, 15) is 4.79 Å². The first-order chi connectivity index (χ1) is 15.1. The predicted molar refractivity (Wildman–Crippen MR) is 123 cm³/mol. The molecule has 3 aromatic rings. The van der Waals surface area contributed by atoms with Crippen LogP contribution in [0.3, 0.4) is 0 Å². The zero-order valence-electron chi connectivity index (χ0n) is 17.7. The number of hydrogen-bond acceptors (Lipinski definition) is 6. The van der Waals surface area contributed by atoms with Crippen molar-refractivity contribution in [3.8, 4) is 11.5 Å². The van der Waals surface area contributed by atoms with E-state index >= 15 is 0 Å². The third kappa shape index (κ3) is 6.02. The van der Waals surface area contributed by atoms with Gasteiger partial charge in [-0.05, 0) is 84.8 Å². The summed E-state index contributed by atoms with van der Waals surface area (Å²) < 4.78 is 15.5. The van der Waals surface area contributed by atoms with Crippen molar-refractivity contribution in [2.45, 2.75) is 6.92 Å². The van der Waals surface area contributed by atoms with Crippen molar-refractivity contribution in [1.82, 2.24) is 0 Å². The summed E-state index contributed by atoms with van der Waals surface area (Å²) in [6.45, 7) is 2.08. The highest BCUT2D eigenvalue weighted by Gasteiger charge is 2.10. The largest absolute Gasteiger partial charge is 0.497 e. The Hall–Kier alpha value is -3.93. The van der Waals surface area contributed by atoms with Gasteiger partial charge in [0.25, 0.3) is 0 Å². The van der Waals surface area contributed by atoms with Gasteiger partial charge in [0.2, 0.25) is 0 Å². The van der Waals surface area contributed by atoms with E-state index in [0.29, 0.717) is 23.5 Å². The minimum absolute atomic E-state index is 0.306. The lowest BCUT2D eigenvalue weighted by atomic mass is 10.1. The average molecular weight is 416 g/mol. The molecule has 0 saturated heterocycles. The van der Waals surface area contributed by atoms with Crippen LogP contribution in [0.2, 0.25) is 0 Å². The number of carbonyl (C=O) groups excluding carboxylic acids is 1. The monoisotopic (exact) mass is 416 g/mol. The number of aliphatic imine (C=N–C) groups is 2. The van der Waals surface area contributed by atoms with E-state index < -0.39 is 5.97 Å². The second-order valence-corrected chi connectivity index (χ2v) is 6.49. The molecule has 0 N–H and O–H groups in total. The molecule has 0 spiro atoms. The molecule has 6 nitrogen and oxygen atoms in total. The molecular formula is C25H24N2O4. The Bertz CT molecular complexity index is 1070. The van der Waals surface area contributed by atoms with E-state index in [2.05, 4.69) is 9.98 Å². The molecule has 3 aromatic carbocycles. The highest BCUT2D eigenvalue weighted by atomic mass is 16.5. The van der Waals surface area contributed by atoms with Gasteiger partial charge in [-0.15, -0.1) is 0 Å². The van der Waals surface area contributed by atoms with Gasteiger partial charge in [-0.3, -0.25) is 9.98 Å². The molecule has 0 aliphatic rings. The van der Waals surface area contributed by atoms with Crippen molar-refractivity contribution in [3.05, 3.63) is 83.4 Å². The van der Waals surface area contributed by atoms with Gasteiger partial charge >= 0.3 is 5.97 Å². The minimum atomic E-state index is -0.394. The van der Waals surface area contributed by atoms with E-state index in [0.717, 1.165) is 22.6 Å². The van der Waals surface area contributed by atoms with Crippen LogP contribution in [-0.4, -0.2) is 39.2 Å². The lowest BCUT2D eigenvalue weighted by molar-refractivity contribution is 0.0526. The van der Waals surface area contributed by atoms with Crippen molar-refractivity contribution < 1.29 is 19.0 Å². The van der Waals surface area contributed by atoms with Crippen molar-refractivity contribution in [2.75, 3.05) is 20.8 Å². The lowest BCUT2D eigenvalue weighted by Crippen LogP contribution is -2.04. The number of nitrogens with zero attached hydrogens (tertiary/aromatic N) is 2. The van der Waals surface area contributed by atoms with E-state index in [1.54, 1.807) is 51.8 Å².